The second kappa shape index (κ2) is 9.56. The van der Waals surface area contributed by atoms with Crippen molar-refractivity contribution in [1.29, 1.82) is 0 Å². The molecule has 32 heavy (non-hydrogen) atoms. The highest BCUT2D eigenvalue weighted by molar-refractivity contribution is 7.07. The SMILES string of the molecule is O=C(Cc1cccc(F)c1)Nc1ccc2[nH+]c(-c3cscn3)[nH]c2c1.O=C([O-])C(F)(F)F. The number of benzene rings is 2. The number of alkyl halides is 3. The lowest BCUT2D eigenvalue weighted by Crippen LogP contribution is -2.37. The molecule has 0 saturated carbocycles. The number of hydrogen-bond acceptors (Lipinski definition) is 5. The van der Waals surface area contributed by atoms with Gasteiger partial charge in [-0.3, -0.25) is 4.79 Å². The summed E-state index contributed by atoms with van der Waals surface area (Å²) in [5.41, 5.74) is 5.72. The van der Waals surface area contributed by atoms with Gasteiger partial charge in [0, 0.05) is 17.1 Å². The maximum absolute atomic E-state index is 13.2. The molecular weight excluding hydrogens is 452 g/mol. The van der Waals surface area contributed by atoms with Gasteiger partial charge in [-0.05, 0) is 29.8 Å². The van der Waals surface area contributed by atoms with Gasteiger partial charge in [0.1, 0.15) is 11.8 Å². The van der Waals surface area contributed by atoms with E-state index in [1.807, 2.05) is 23.6 Å². The van der Waals surface area contributed by atoms with E-state index in [9.17, 15) is 22.4 Å². The highest BCUT2D eigenvalue weighted by Crippen LogP contribution is 2.20. The van der Waals surface area contributed by atoms with Crippen molar-refractivity contribution in [2.24, 2.45) is 0 Å². The van der Waals surface area contributed by atoms with Gasteiger partial charge in [-0.15, -0.1) is 11.3 Å². The van der Waals surface area contributed by atoms with Crippen molar-refractivity contribution in [3.8, 4) is 11.5 Å². The maximum atomic E-state index is 13.2. The molecule has 3 N–H and O–H groups in total. The van der Waals surface area contributed by atoms with Crippen LogP contribution in [0.2, 0.25) is 0 Å². The number of carboxylic acid groups (broad SMARTS) is 1. The molecule has 166 valence electrons. The van der Waals surface area contributed by atoms with E-state index in [-0.39, 0.29) is 18.1 Å². The van der Waals surface area contributed by atoms with Crippen molar-refractivity contribution in [2.75, 3.05) is 5.32 Å². The first-order chi connectivity index (χ1) is 15.1. The van der Waals surface area contributed by atoms with Crippen LogP contribution in [0.15, 0.2) is 53.4 Å². The zero-order valence-electron chi connectivity index (χ0n) is 16.0. The Morgan fingerprint density at radius 3 is 2.56 bits per heavy atom. The van der Waals surface area contributed by atoms with Gasteiger partial charge in [0.05, 0.1) is 11.9 Å². The molecule has 0 atom stereocenters. The molecule has 0 bridgehead atoms. The molecule has 12 heteroatoms. The third kappa shape index (κ3) is 6.11. The average molecular weight is 466 g/mol. The normalized spacial score (nSPS) is 11.0. The molecule has 7 nitrogen and oxygen atoms in total. The molecule has 2 heterocycles. The van der Waals surface area contributed by atoms with Crippen molar-refractivity contribution < 1.29 is 37.2 Å². The van der Waals surface area contributed by atoms with Crippen LogP contribution in [0.1, 0.15) is 5.56 Å². The van der Waals surface area contributed by atoms with Gasteiger partial charge in [0.25, 0.3) is 0 Å². The zero-order valence-corrected chi connectivity index (χ0v) is 16.8. The number of anilines is 1. The molecule has 2 aromatic carbocycles. The standard InChI is InChI=1S/C18H13FN4OS.C2HF3O2/c19-12-3-1-2-11(6-12)7-17(24)21-13-4-5-14-15(8-13)23-18(22-14)16-9-25-10-20-16;3-2(4,5)1(6)7/h1-6,8-10H,7H2,(H,21,24)(H,22,23);(H,6,7). The predicted molar refractivity (Wildman–Crippen MR) is 106 cm³/mol. The fourth-order valence-electron chi connectivity index (χ4n) is 2.64. The van der Waals surface area contributed by atoms with Crippen LogP contribution in [0, 0.1) is 5.82 Å². The lowest BCUT2D eigenvalue weighted by molar-refractivity contribution is -0.344. The van der Waals surface area contributed by atoms with Crippen LogP contribution in [-0.4, -0.2) is 28.0 Å². The van der Waals surface area contributed by atoms with E-state index in [0.29, 0.717) is 11.3 Å². The van der Waals surface area contributed by atoms with Crippen molar-refractivity contribution in [3.05, 3.63) is 64.7 Å². The fourth-order valence-corrected chi connectivity index (χ4v) is 3.18. The fraction of sp³-hybridized carbons (Fsp3) is 0.100. The van der Waals surface area contributed by atoms with Gasteiger partial charge >= 0.3 is 12.0 Å². The predicted octanol–water partition coefficient (Wildman–Crippen LogP) is 2.72. The van der Waals surface area contributed by atoms with E-state index in [1.54, 1.807) is 17.6 Å². The van der Waals surface area contributed by atoms with Crippen molar-refractivity contribution in [3.63, 3.8) is 0 Å². The molecule has 0 aliphatic heterocycles. The number of thiazole rings is 1. The number of H-pyrrole nitrogens is 2. The van der Waals surface area contributed by atoms with Crippen LogP contribution in [0.3, 0.4) is 0 Å². The Labute approximate surface area is 181 Å². The summed E-state index contributed by atoms with van der Waals surface area (Å²) in [6.45, 7) is 0. The Hall–Kier alpha value is -3.80. The summed E-state index contributed by atoms with van der Waals surface area (Å²) in [5, 5.41) is 13.6. The van der Waals surface area contributed by atoms with Gasteiger partial charge < -0.3 is 15.2 Å². The summed E-state index contributed by atoms with van der Waals surface area (Å²) in [4.78, 5) is 31.7. The Morgan fingerprint density at radius 1 is 1.19 bits per heavy atom. The number of imidazole rings is 1. The monoisotopic (exact) mass is 466 g/mol. The van der Waals surface area contributed by atoms with Crippen LogP contribution in [-0.2, 0) is 16.0 Å². The molecule has 4 aromatic rings. The Bertz CT molecular complexity index is 1240. The first-order valence-electron chi connectivity index (χ1n) is 8.88. The number of carbonyl (C=O) groups excluding carboxylic acids is 2. The number of amides is 1. The molecule has 0 aliphatic carbocycles. The summed E-state index contributed by atoms with van der Waals surface area (Å²) >= 11 is 1.52. The number of nitrogens with one attached hydrogen (secondary N) is 3. The number of carboxylic acids is 1. The number of aliphatic carboxylic acids is 1. The van der Waals surface area contributed by atoms with Crippen LogP contribution in [0.4, 0.5) is 23.2 Å². The van der Waals surface area contributed by atoms with E-state index in [1.165, 1.54) is 23.5 Å². The minimum Gasteiger partial charge on any atom is -0.542 e. The Kier molecular flexibility index (Phi) is 6.83. The molecule has 4 rings (SSSR count). The minimum absolute atomic E-state index is 0.122. The molecule has 0 spiro atoms. The van der Waals surface area contributed by atoms with Crippen LogP contribution >= 0.6 is 11.3 Å². The largest absolute Gasteiger partial charge is 0.542 e. The molecule has 0 fully saturated rings. The number of aromatic nitrogens is 3. The van der Waals surface area contributed by atoms with E-state index in [4.69, 9.17) is 9.90 Å². The second-order valence-corrected chi connectivity index (χ2v) is 7.12. The maximum Gasteiger partial charge on any atom is 0.430 e. The number of halogens is 4. The smallest absolute Gasteiger partial charge is 0.430 e. The van der Waals surface area contributed by atoms with Crippen LogP contribution in [0.25, 0.3) is 22.6 Å². The lowest BCUT2D eigenvalue weighted by Gasteiger charge is -2.04. The highest BCUT2D eigenvalue weighted by Gasteiger charge is 2.28. The number of aromatic amines is 2. The first-order valence-corrected chi connectivity index (χ1v) is 9.82. The Balaban J connectivity index is 0.000000360. The van der Waals surface area contributed by atoms with E-state index in [2.05, 4.69) is 20.3 Å². The lowest BCUT2D eigenvalue weighted by atomic mass is 10.1. The number of fused-ring (bicyclic) bond motifs is 1. The van der Waals surface area contributed by atoms with E-state index in [0.717, 1.165) is 22.6 Å². The average Bonchev–Trinajstić information content (AvgIpc) is 3.37. The molecule has 0 saturated heterocycles. The van der Waals surface area contributed by atoms with E-state index < -0.39 is 12.1 Å². The third-order valence-corrected chi connectivity index (χ3v) is 4.58. The summed E-state index contributed by atoms with van der Waals surface area (Å²) in [6.07, 6.45) is -5.07. The summed E-state index contributed by atoms with van der Waals surface area (Å²) in [7, 11) is 0. The number of rotatable bonds is 4. The molecule has 2 aromatic heterocycles. The number of carbonyl (C=O) groups is 2. The molecule has 0 radical (unpaired) electrons. The van der Waals surface area contributed by atoms with Crippen molar-refractivity contribution in [2.45, 2.75) is 12.6 Å². The van der Waals surface area contributed by atoms with Crippen molar-refractivity contribution >= 4 is 39.9 Å². The van der Waals surface area contributed by atoms with Crippen molar-refractivity contribution in [1.82, 2.24) is 9.97 Å². The first kappa shape index (κ1) is 22.9. The minimum atomic E-state index is -5.19. The highest BCUT2D eigenvalue weighted by atomic mass is 32.1. The van der Waals surface area contributed by atoms with Gasteiger partial charge in [-0.1, -0.05) is 12.1 Å². The molecule has 0 unspecified atom stereocenters. The summed E-state index contributed by atoms with van der Waals surface area (Å²) in [6, 6.07) is 11.6. The molecular formula is C20H14F4N4O3S. The van der Waals surface area contributed by atoms with Gasteiger partial charge in [-0.25, -0.2) is 19.3 Å². The van der Waals surface area contributed by atoms with E-state index >= 15 is 0 Å². The number of nitrogens with zero attached hydrogens (tertiary/aromatic N) is 1. The molecule has 0 aliphatic rings. The van der Waals surface area contributed by atoms with Gasteiger partial charge in [0.15, 0.2) is 16.7 Å². The van der Waals surface area contributed by atoms with Crippen LogP contribution in [0.5, 0.6) is 0 Å². The quantitative estimate of drug-likeness (QED) is 0.451. The molecule has 1 amide bonds. The third-order valence-electron chi connectivity index (χ3n) is 4.00. The van der Waals surface area contributed by atoms with Gasteiger partial charge in [0.2, 0.25) is 5.91 Å². The topological polar surface area (TPSA) is 112 Å². The number of hydrogen-bond donors (Lipinski definition) is 2. The van der Waals surface area contributed by atoms with Crippen LogP contribution < -0.4 is 15.4 Å². The summed E-state index contributed by atoms with van der Waals surface area (Å²) in [5.74, 6) is -2.73. The van der Waals surface area contributed by atoms with Gasteiger partial charge in [-0.2, -0.15) is 13.2 Å². The summed E-state index contributed by atoms with van der Waals surface area (Å²) < 4.78 is 44.7. The zero-order chi connectivity index (χ0) is 23.3. The Morgan fingerprint density at radius 2 is 1.94 bits per heavy atom. The second-order valence-electron chi connectivity index (χ2n) is 6.40.